The lowest BCUT2D eigenvalue weighted by Crippen LogP contribution is -2.11. The van der Waals surface area contributed by atoms with E-state index in [0.717, 1.165) is 24.9 Å². The molecular formula is C13H15N5O2S2. The minimum Gasteiger partial charge on any atom is -0.323 e. The average molecular weight is 337 g/mol. The molecule has 7 nitrogen and oxygen atoms in total. The number of imidazole rings is 1. The lowest BCUT2D eigenvalue weighted by atomic mass is 10.3. The zero-order valence-electron chi connectivity index (χ0n) is 11.9. The zero-order valence-corrected chi connectivity index (χ0v) is 13.6. The van der Waals surface area contributed by atoms with Crippen molar-refractivity contribution in [3.05, 3.63) is 23.6 Å². The van der Waals surface area contributed by atoms with Gasteiger partial charge in [0.1, 0.15) is 5.69 Å². The summed E-state index contributed by atoms with van der Waals surface area (Å²) in [7, 11) is -3.74. The van der Waals surface area contributed by atoms with Crippen LogP contribution in [-0.2, 0) is 16.6 Å². The molecule has 9 heteroatoms. The van der Waals surface area contributed by atoms with E-state index in [1.807, 2.05) is 9.95 Å². The minimum atomic E-state index is -3.74. The van der Waals surface area contributed by atoms with Crippen LogP contribution in [0.4, 0.5) is 0 Å². The molecule has 0 bridgehead atoms. The lowest BCUT2D eigenvalue weighted by molar-refractivity contribution is 0.598. The number of fused-ring (bicyclic) bond motifs is 1. The van der Waals surface area contributed by atoms with Gasteiger partial charge < -0.3 is 4.57 Å². The smallest absolute Gasteiger partial charge is 0.238 e. The van der Waals surface area contributed by atoms with Crippen LogP contribution >= 0.6 is 11.5 Å². The number of benzene rings is 1. The molecule has 116 valence electrons. The van der Waals surface area contributed by atoms with Crippen LogP contribution in [0.15, 0.2) is 28.5 Å². The fraction of sp³-hybridized carbons (Fsp3) is 0.308. The molecule has 3 aromatic rings. The van der Waals surface area contributed by atoms with Crippen molar-refractivity contribution in [1.29, 1.82) is 0 Å². The highest BCUT2D eigenvalue weighted by atomic mass is 32.2. The third-order valence-corrected chi connectivity index (χ3v) is 4.79. The molecule has 0 amide bonds. The molecule has 1 aromatic carbocycles. The number of nitrogens with two attached hydrogens (primary N) is 1. The summed E-state index contributed by atoms with van der Waals surface area (Å²) in [5.74, 6) is 0.698. The Balaban J connectivity index is 2.21. The minimum absolute atomic E-state index is 0.0584. The van der Waals surface area contributed by atoms with Gasteiger partial charge in [-0.25, -0.2) is 18.5 Å². The molecular weight excluding hydrogens is 322 g/mol. The van der Waals surface area contributed by atoms with Crippen LogP contribution in [0, 0.1) is 0 Å². The molecule has 22 heavy (non-hydrogen) atoms. The molecule has 2 N–H and O–H groups in total. The van der Waals surface area contributed by atoms with Gasteiger partial charge in [-0.15, -0.1) is 5.10 Å². The van der Waals surface area contributed by atoms with Gasteiger partial charge in [-0.3, -0.25) is 0 Å². The summed E-state index contributed by atoms with van der Waals surface area (Å²) < 4.78 is 28.9. The van der Waals surface area contributed by atoms with Gasteiger partial charge in [0.25, 0.3) is 0 Å². The Morgan fingerprint density at radius 3 is 2.82 bits per heavy atom. The molecule has 0 unspecified atom stereocenters. The van der Waals surface area contributed by atoms with E-state index in [9.17, 15) is 8.42 Å². The number of nitrogens with zero attached hydrogens (tertiary/aromatic N) is 4. The monoisotopic (exact) mass is 337 g/mol. The quantitative estimate of drug-likeness (QED) is 0.767. The summed E-state index contributed by atoms with van der Waals surface area (Å²) in [4.78, 5) is 4.59. The third kappa shape index (κ3) is 2.74. The molecule has 0 aliphatic rings. The predicted octanol–water partition coefficient (Wildman–Crippen LogP) is 2.00. The van der Waals surface area contributed by atoms with E-state index in [1.54, 1.807) is 6.07 Å². The lowest BCUT2D eigenvalue weighted by Gasteiger charge is -2.06. The van der Waals surface area contributed by atoms with E-state index in [1.165, 1.54) is 23.7 Å². The number of hydrogen-bond acceptors (Lipinski definition) is 6. The van der Waals surface area contributed by atoms with Crippen molar-refractivity contribution in [1.82, 2.24) is 19.1 Å². The molecule has 0 fully saturated rings. The molecule has 2 heterocycles. The van der Waals surface area contributed by atoms with E-state index in [0.29, 0.717) is 17.0 Å². The van der Waals surface area contributed by atoms with Gasteiger partial charge in [-0.1, -0.05) is 17.8 Å². The number of aromatic nitrogens is 4. The SMILES string of the molecule is CCCCn1c(-c2csnn2)nc2cc(S(N)(=O)=O)ccc21. The predicted molar refractivity (Wildman–Crippen MR) is 84.9 cm³/mol. The van der Waals surface area contributed by atoms with E-state index in [2.05, 4.69) is 21.5 Å². The molecule has 0 saturated carbocycles. The summed E-state index contributed by atoms with van der Waals surface area (Å²) in [6.45, 7) is 2.90. The van der Waals surface area contributed by atoms with Crippen LogP contribution in [0.25, 0.3) is 22.6 Å². The Kier molecular flexibility index (Phi) is 3.94. The van der Waals surface area contributed by atoms with Crippen LogP contribution in [0.5, 0.6) is 0 Å². The van der Waals surface area contributed by atoms with Crippen molar-refractivity contribution in [2.75, 3.05) is 0 Å². The highest BCUT2D eigenvalue weighted by molar-refractivity contribution is 7.89. The summed E-state index contributed by atoms with van der Waals surface area (Å²) in [5, 5.41) is 11.1. The molecule has 0 radical (unpaired) electrons. The Bertz CT molecular complexity index is 900. The Labute approximate surface area is 132 Å². The van der Waals surface area contributed by atoms with Crippen molar-refractivity contribution in [2.45, 2.75) is 31.2 Å². The summed E-state index contributed by atoms with van der Waals surface area (Å²) in [6, 6.07) is 4.74. The summed E-state index contributed by atoms with van der Waals surface area (Å²) in [6.07, 6.45) is 2.04. The van der Waals surface area contributed by atoms with E-state index >= 15 is 0 Å². The van der Waals surface area contributed by atoms with Gasteiger partial charge in [-0.2, -0.15) is 0 Å². The first kappa shape index (κ1) is 15.1. The maximum atomic E-state index is 11.5. The summed E-state index contributed by atoms with van der Waals surface area (Å²) in [5.41, 5.74) is 2.14. The second-order valence-electron chi connectivity index (χ2n) is 4.93. The Morgan fingerprint density at radius 2 is 2.18 bits per heavy atom. The number of unbranched alkanes of at least 4 members (excludes halogenated alkanes) is 1. The Hall–Kier alpha value is -1.84. The standard InChI is InChI=1S/C13H15N5O2S2/c1-2-3-6-18-12-5-4-9(22(14,19)20)7-10(12)15-13(18)11-8-21-17-16-11/h4-5,7-8H,2-3,6H2,1H3,(H2,14,19,20). The topological polar surface area (TPSA) is 104 Å². The first-order valence-corrected chi connectivity index (χ1v) is 9.19. The number of rotatable bonds is 5. The van der Waals surface area contributed by atoms with Crippen molar-refractivity contribution < 1.29 is 8.42 Å². The van der Waals surface area contributed by atoms with Crippen LogP contribution < -0.4 is 5.14 Å². The van der Waals surface area contributed by atoms with E-state index < -0.39 is 10.0 Å². The first-order valence-electron chi connectivity index (χ1n) is 6.81. The van der Waals surface area contributed by atoms with Crippen LogP contribution in [0.1, 0.15) is 19.8 Å². The third-order valence-electron chi connectivity index (χ3n) is 3.37. The molecule has 0 aliphatic heterocycles. The van der Waals surface area contributed by atoms with E-state index in [-0.39, 0.29) is 4.90 Å². The largest absolute Gasteiger partial charge is 0.323 e. The van der Waals surface area contributed by atoms with Gasteiger partial charge >= 0.3 is 0 Å². The van der Waals surface area contributed by atoms with Crippen LogP contribution in [0.2, 0.25) is 0 Å². The van der Waals surface area contributed by atoms with Crippen LogP contribution in [0.3, 0.4) is 0 Å². The molecule has 0 spiro atoms. The van der Waals surface area contributed by atoms with Crippen molar-refractivity contribution in [3.8, 4) is 11.5 Å². The number of primary sulfonamides is 1. The first-order chi connectivity index (χ1) is 10.5. The normalized spacial score (nSPS) is 12.1. The highest BCUT2D eigenvalue weighted by Gasteiger charge is 2.17. The van der Waals surface area contributed by atoms with Crippen molar-refractivity contribution in [3.63, 3.8) is 0 Å². The molecule has 0 saturated heterocycles. The molecule has 0 aliphatic carbocycles. The zero-order chi connectivity index (χ0) is 15.7. The number of aryl methyl sites for hydroxylation is 1. The maximum Gasteiger partial charge on any atom is 0.238 e. The second-order valence-corrected chi connectivity index (χ2v) is 7.10. The van der Waals surface area contributed by atoms with Gasteiger partial charge in [0, 0.05) is 11.9 Å². The number of hydrogen-bond donors (Lipinski definition) is 1. The second kappa shape index (κ2) is 5.75. The fourth-order valence-corrected chi connectivity index (χ4v) is 3.25. The molecule has 0 atom stereocenters. The molecule has 3 rings (SSSR count). The highest BCUT2D eigenvalue weighted by Crippen LogP contribution is 2.26. The van der Waals surface area contributed by atoms with Gasteiger partial charge in [0.15, 0.2) is 5.82 Å². The van der Waals surface area contributed by atoms with Gasteiger partial charge in [0.2, 0.25) is 10.0 Å². The van der Waals surface area contributed by atoms with Crippen LogP contribution in [-0.4, -0.2) is 27.6 Å². The van der Waals surface area contributed by atoms with Crippen molar-refractivity contribution in [2.24, 2.45) is 5.14 Å². The maximum absolute atomic E-state index is 11.5. The summed E-state index contributed by atoms with van der Waals surface area (Å²) >= 11 is 1.25. The van der Waals surface area contributed by atoms with Gasteiger partial charge in [0.05, 0.1) is 15.9 Å². The molecule has 2 aromatic heterocycles. The average Bonchev–Trinajstić information content (AvgIpc) is 3.10. The van der Waals surface area contributed by atoms with E-state index in [4.69, 9.17) is 5.14 Å². The Morgan fingerprint density at radius 1 is 1.36 bits per heavy atom. The van der Waals surface area contributed by atoms with Crippen molar-refractivity contribution >= 4 is 32.6 Å². The van der Waals surface area contributed by atoms with Gasteiger partial charge in [-0.05, 0) is 36.2 Å². The number of sulfonamides is 1. The fourth-order valence-electron chi connectivity index (χ4n) is 2.29.